The number of aromatic amines is 1. The van der Waals surface area contributed by atoms with Gasteiger partial charge in [-0.25, -0.2) is 4.39 Å². The molecule has 4 aromatic rings. The first-order valence-corrected chi connectivity index (χ1v) is 13.4. The minimum absolute atomic E-state index is 0.0655. The average Bonchev–Trinajstić information content (AvgIpc) is 3.54. The molecule has 0 aliphatic carbocycles. The minimum atomic E-state index is -0.556. The van der Waals surface area contributed by atoms with Gasteiger partial charge in [-0.2, -0.15) is 15.1 Å². The lowest BCUT2D eigenvalue weighted by atomic mass is 9.95. The van der Waals surface area contributed by atoms with Gasteiger partial charge in [0, 0.05) is 41.0 Å². The van der Waals surface area contributed by atoms with Crippen LogP contribution in [0.5, 0.6) is 6.01 Å². The lowest BCUT2D eigenvalue weighted by molar-refractivity contribution is -0.129. The lowest BCUT2D eigenvalue weighted by Crippen LogP contribution is -2.56. The van der Waals surface area contributed by atoms with Crippen LogP contribution in [0.4, 0.5) is 10.2 Å². The van der Waals surface area contributed by atoms with Crippen molar-refractivity contribution in [2.24, 2.45) is 0 Å². The molecule has 202 valence electrons. The van der Waals surface area contributed by atoms with E-state index in [4.69, 9.17) is 16.3 Å². The Kier molecular flexibility index (Phi) is 6.60. The molecule has 0 unspecified atom stereocenters. The molecular formula is C28H29ClFN7O2. The molecule has 0 spiro atoms. The Balaban J connectivity index is 1.43. The van der Waals surface area contributed by atoms with E-state index in [0.717, 1.165) is 35.9 Å². The van der Waals surface area contributed by atoms with E-state index in [-0.39, 0.29) is 40.1 Å². The molecule has 1 amide bonds. The summed E-state index contributed by atoms with van der Waals surface area (Å²) in [7, 11) is 2.06. The number of likely N-dealkylation sites (N-methyl/N-ethyl adjacent to an activating group) is 1. The quantitative estimate of drug-likeness (QED) is 0.326. The first-order valence-electron chi connectivity index (χ1n) is 13.0. The highest BCUT2D eigenvalue weighted by Gasteiger charge is 2.31. The molecule has 2 aromatic carbocycles. The molecule has 2 N–H and O–H groups in total. The summed E-state index contributed by atoms with van der Waals surface area (Å²) in [5.41, 5.74) is 2.67. The predicted octanol–water partition coefficient (Wildman–Crippen LogP) is 4.56. The van der Waals surface area contributed by atoms with Crippen LogP contribution in [0.25, 0.3) is 32.9 Å². The number of amides is 1. The Morgan fingerprint density at radius 2 is 2.13 bits per heavy atom. The summed E-state index contributed by atoms with van der Waals surface area (Å²) in [5, 5.41) is 11.9. The third-order valence-electron chi connectivity index (χ3n) is 7.73. The standard InChI is InChI=1S/C28H29ClFN7O2/c1-4-22(38)37-12-16(13-37)32-27-18-10-20(29)24(23-15(2)7-8-21-19(23)11-31-35-21)25(30)26(18)33-28(34-27)39-14-17-6-5-9-36(17)3/h4,7-8,10-11,16-17H,1,5-6,9,12-14H2,2-3H3,(H,31,35)(H,32,33,34)/t17-/m0/s1. The molecule has 6 rings (SSSR count). The zero-order chi connectivity index (χ0) is 27.3. The summed E-state index contributed by atoms with van der Waals surface area (Å²) >= 11 is 6.77. The average molecular weight is 550 g/mol. The molecule has 1 atom stereocenters. The minimum Gasteiger partial charge on any atom is -0.462 e. The molecule has 39 heavy (non-hydrogen) atoms. The summed E-state index contributed by atoms with van der Waals surface area (Å²) in [4.78, 5) is 25.0. The van der Waals surface area contributed by atoms with Crippen LogP contribution in [-0.4, -0.2) is 81.2 Å². The van der Waals surface area contributed by atoms with Crippen LogP contribution in [0.1, 0.15) is 18.4 Å². The van der Waals surface area contributed by atoms with Crippen LogP contribution in [0.15, 0.2) is 37.1 Å². The highest BCUT2D eigenvalue weighted by molar-refractivity contribution is 6.35. The van der Waals surface area contributed by atoms with Crippen molar-refractivity contribution in [3.63, 3.8) is 0 Å². The number of H-pyrrole nitrogens is 1. The summed E-state index contributed by atoms with van der Waals surface area (Å²) in [5.74, 6) is -0.274. The fourth-order valence-electron chi connectivity index (χ4n) is 5.47. The van der Waals surface area contributed by atoms with Crippen molar-refractivity contribution < 1.29 is 13.9 Å². The maximum atomic E-state index is 16.5. The van der Waals surface area contributed by atoms with Crippen LogP contribution in [0.3, 0.4) is 0 Å². The Bertz CT molecular complexity index is 1600. The topological polar surface area (TPSA) is 99.3 Å². The first kappa shape index (κ1) is 25.5. The number of nitrogens with one attached hydrogen (secondary N) is 2. The van der Waals surface area contributed by atoms with Gasteiger partial charge in [0.1, 0.15) is 17.9 Å². The molecule has 2 fully saturated rings. The number of hydrogen-bond acceptors (Lipinski definition) is 7. The molecular weight excluding hydrogens is 521 g/mol. The Morgan fingerprint density at radius 3 is 2.87 bits per heavy atom. The van der Waals surface area contributed by atoms with Gasteiger partial charge in [0.25, 0.3) is 0 Å². The number of aryl methyl sites for hydroxylation is 1. The highest BCUT2D eigenvalue weighted by atomic mass is 35.5. The second kappa shape index (κ2) is 10.1. The molecule has 0 bridgehead atoms. The summed E-state index contributed by atoms with van der Waals surface area (Å²) in [6.07, 6.45) is 5.09. The number of benzene rings is 2. The third kappa shape index (κ3) is 4.57. The number of aromatic nitrogens is 4. The molecule has 9 nitrogen and oxygen atoms in total. The SMILES string of the molecule is C=CC(=O)N1CC(Nc2nc(OC[C@@H]3CCCN3C)nc3c(F)c(-c4c(C)ccc5[nH]ncc45)c(Cl)cc23)C1. The van der Waals surface area contributed by atoms with Gasteiger partial charge in [-0.05, 0) is 57.1 Å². The third-order valence-corrected chi connectivity index (χ3v) is 8.03. The van der Waals surface area contributed by atoms with Crippen LogP contribution < -0.4 is 10.1 Å². The van der Waals surface area contributed by atoms with Crippen molar-refractivity contribution in [2.45, 2.75) is 31.8 Å². The highest BCUT2D eigenvalue weighted by Crippen LogP contribution is 2.42. The van der Waals surface area contributed by atoms with Crippen LogP contribution in [0.2, 0.25) is 5.02 Å². The van der Waals surface area contributed by atoms with E-state index >= 15 is 4.39 Å². The summed E-state index contributed by atoms with van der Waals surface area (Å²) in [6.45, 7) is 7.83. The molecule has 2 aliphatic heterocycles. The summed E-state index contributed by atoms with van der Waals surface area (Å²) in [6, 6.07) is 5.78. The number of rotatable bonds is 7. The molecule has 2 aliphatic rings. The zero-order valence-electron chi connectivity index (χ0n) is 21.8. The maximum Gasteiger partial charge on any atom is 0.319 e. The molecule has 0 saturated carbocycles. The largest absolute Gasteiger partial charge is 0.462 e. The number of carbonyl (C=O) groups excluding carboxylic acids is 1. The van der Waals surface area contributed by atoms with E-state index in [1.54, 1.807) is 17.2 Å². The van der Waals surface area contributed by atoms with Gasteiger partial charge >= 0.3 is 6.01 Å². The van der Waals surface area contributed by atoms with Gasteiger partial charge in [-0.3, -0.25) is 9.89 Å². The molecule has 11 heteroatoms. The zero-order valence-corrected chi connectivity index (χ0v) is 22.6. The second-order valence-electron chi connectivity index (χ2n) is 10.3. The van der Waals surface area contributed by atoms with E-state index in [1.165, 1.54) is 6.08 Å². The number of likely N-dealkylation sites (tertiary alicyclic amines) is 2. The van der Waals surface area contributed by atoms with Crippen molar-refractivity contribution in [1.29, 1.82) is 0 Å². The smallest absolute Gasteiger partial charge is 0.319 e. The normalized spacial score (nSPS) is 18.1. The number of nitrogens with zero attached hydrogens (tertiary/aromatic N) is 5. The monoisotopic (exact) mass is 549 g/mol. The van der Waals surface area contributed by atoms with Crippen LogP contribution in [0, 0.1) is 12.7 Å². The van der Waals surface area contributed by atoms with Gasteiger partial charge in [0.2, 0.25) is 5.91 Å². The van der Waals surface area contributed by atoms with E-state index < -0.39 is 5.82 Å². The van der Waals surface area contributed by atoms with Gasteiger partial charge in [-0.1, -0.05) is 24.2 Å². The van der Waals surface area contributed by atoms with Gasteiger partial charge in [0.15, 0.2) is 5.82 Å². The van der Waals surface area contributed by atoms with Crippen LogP contribution in [-0.2, 0) is 4.79 Å². The molecule has 2 aromatic heterocycles. The predicted molar refractivity (Wildman–Crippen MR) is 150 cm³/mol. The molecule has 0 radical (unpaired) electrons. The second-order valence-corrected chi connectivity index (χ2v) is 10.7. The van der Waals surface area contributed by atoms with Gasteiger partial charge < -0.3 is 19.9 Å². The molecule has 2 saturated heterocycles. The number of halogens is 2. The van der Waals surface area contributed by atoms with E-state index in [1.807, 2.05) is 19.1 Å². The van der Waals surface area contributed by atoms with E-state index in [2.05, 4.69) is 44.0 Å². The fraction of sp³-hybridized carbons (Fsp3) is 0.357. The fourth-order valence-corrected chi connectivity index (χ4v) is 5.76. The number of fused-ring (bicyclic) bond motifs is 2. The Hall–Kier alpha value is -3.76. The Labute approximate surface area is 230 Å². The summed E-state index contributed by atoms with van der Waals surface area (Å²) < 4.78 is 22.5. The van der Waals surface area contributed by atoms with Gasteiger partial charge in [-0.15, -0.1) is 0 Å². The number of hydrogen-bond donors (Lipinski definition) is 2. The first-order chi connectivity index (χ1) is 18.8. The Morgan fingerprint density at radius 1 is 1.31 bits per heavy atom. The van der Waals surface area contributed by atoms with Crippen molar-refractivity contribution >= 4 is 45.1 Å². The van der Waals surface area contributed by atoms with Crippen LogP contribution >= 0.6 is 11.6 Å². The number of anilines is 1. The lowest BCUT2D eigenvalue weighted by Gasteiger charge is -2.39. The van der Waals surface area contributed by atoms with E-state index in [0.29, 0.717) is 36.5 Å². The maximum absolute atomic E-state index is 16.5. The van der Waals surface area contributed by atoms with Crippen molar-refractivity contribution in [2.75, 3.05) is 38.6 Å². The van der Waals surface area contributed by atoms with E-state index in [9.17, 15) is 4.79 Å². The molecule has 4 heterocycles. The number of ether oxygens (including phenoxy) is 1. The van der Waals surface area contributed by atoms with Crippen molar-refractivity contribution in [1.82, 2.24) is 30.0 Å². The van der Waals surface area contributed by atoms with Gasteiger partial charge in [0.05, 0.1) is 22.8 Å². The van der Waals surface area contributed by atoms with Crippen molar-refractivity contribution in [3.8, 4) is 17.1 Å². The van der Waals surface area contributed by atoms with Crippen molar-refractivity contribution in [3.05, 3.63) is 53.5 Å². The number of carbonyl (C=O) groups is 1.